The summed E-state index contributed by atoms with van der Waals surface area (Å²) >= 11 is 0. The largest absolute Gasteiger partial charge is 0.461 e. The average Bonchev–Trinajstić information content (AvgIpc) is 2.18. The van der Waals surface area contributed by atoms with E-state index in [0.717, 1.165) is 0 Å². The maximum atomic E-state index is 11.2. The summed E-state index contributed by atoms with van der Waals surface area (Å²) in [6, 6.07) is 0. The Morgan fingerprint density at radius 2 is 2.43 bits per heavy atom. The van der Waals surface area contributed by atoms with Gasteiger partial charge in [-0.05, 0) is 6.92 Å². The molecule has 1 aliphatic heterocycles. The fraction of sp³-hybridized carbons (Fsp3) is 0.556. The highest BCUT2D eigenvalue weighted by Gasteiger charge is 2.21. The molecule has 5 nitrogen and oxygen atoms in total. The first-order valence-corrected chi connectivity index (χ1v) is 4.48. The normalized spacial score (nSPS) is 16.6. The van der Waals surface area contributed by atoms with Crippen LogP contribution in [0, 0.1) is 5.41 Å². The minimum absolute atomic E-state index is 0.191. The van der Waals surface area contributed by atoms with Crippen molar-refractivity contribution in [2.75, 3.05) is 19.8 Å². The molecule has 1 rings (SSSR count). The molecule has 0 saturated carbocycles. The maximum absolute atomic E-state index is 11.2. The van der Waals surface area contributed by atoms with Crippen LogP contribution in [0.2, 0.25) is 0 Å². The molecule has 0 aromatic heterocycles. The number of carbonyl (C=O) groups excluding carboxylic acids is 1. The van der Waals surface area contributed by atoms with Crippen LogP contribution in [0.3, 0.4) is 0 Å². The van der Waals surface area contributed by atoms with Gasteiger partial charge < -0.3 is 15.2 Å². The lowest BCUT2D eigenvalue weighted by Crippen LogP contribution is -2.27. The van der Waals surface area contributed by atoms with Crippen molar-refractivity contribution in [3.05, 3.63) is 11.3 Å². The van der Waals surface area contributed by atoms with Gasteiger partial charge in [0.15, 0.2) is 0 Å². The number of rotatable bonds is 3. The number of hydrogen-bond acceptors (Lipinski definition) is 5. The molecule has 0 aromatic rings. The quantitative estimate of drug-likeness (QED) is 0.501. The highest BCUT2D eigenvalue weighted by atomic mass is 16.5. The minimum Gasteiger partial charge on any atom is -0.461 e. The summed E-state index contributed by atoms with van der Waals surface area (Å²) in [7, 11) is 0. The number of nitrogens with two attached hydrogens (primary N) is 1. The van der Waals surface area contributed by atoms with E-state index in [2.05, 4.69) is 0 Å². The molecule has 0 saturated heterocycles. The summed E-state index contributed by atoms with van der Waals surface area (Å²) in [5, 5.41) is 7.53. The molecule has 3 N–H and O–H groups in total. The zero-order valence-corrected chi connectivity index (χ0v) is 8.13. The lowest BCUT2D eigenvalue weighted by atomic mass is 10.1. The highest BCUT2D eigenvalue weighted by molar-refractivity contribution is 6.42. The van der Waals surface area contributed by atoms with E-state index >= 15 is 0 Å². The molecule has 0 fully saturated rings. The first kappa shape index (κ1) is 10.7. The smallest absolute Gasteiger partial charge is 0.356 e. The van der Waals surface area contributed by atoms with Crippen molar-refractivity contribution in [1.82, 2.24) is 0 Å². The number of hydrogen-bond donors (Lipinski definition) is 2. The van der Waals surface area contributed by atoms with Crippen LogP contribution in [0.1, 0.15) is 13.3 Å². The van der Waals surface area contributed by atoms with E-state index in [1.54, 1.807) is 6.92 Å². The van der Waals surface area contributed by atoms with Crippen molar-refractivity contribution in [1.29, 1.82) is 5.41 Å². The summed E-state index contributed by atoms with van der Waals surface area (Å²) < 4.78 is 9.81. The van der Waals surface area contributed by atoms with Crippen molar-refractivity contribution >= 4 is 11.7 Å². The molecule has 0 aromatic carbocycles. The Morgan fingerprint density at radius 1 is 1.71 bits per heavy atom. The minimum atomic E-state index is -0.643. The molecule has 5 heteroatoms. The molecule has 14 heavy (non-hydrogen) atoms. The van der Waals surface area contributed by atoms with E-state index in [9.17, 15) is 4.79 Å². The third kappa shape index (κ3) is 2.32. The Hall–Kier alpha value is -1.36. The molecule has 0 radical (unpaired) electrons. The van der Waals surface area contributed by atoms with E-state index < -0.39 is 5.97 Å². The lowest BCUT2D eigenvalue weighted by molar-refractivity contribution is -0.135. The Morgan fingerprint density at radius 3 is 3.00 bits per heavy atom. The van der Waals surface area contributed by atoms with Crippen LogP contribution < -0.4 is 5.73 Å². The third-order valence-electron chi connectivity index (χ3n) is 1.93. The summed E-state index contributed by atoms with van der Waals surface area (Å²) in [4.78, 5) is 11.2. The average molecular weight is 198 g/mol. The predicted molar refractivity (Wildman–Crippen MR) is 51.0 cm³/mol. The van der Waals surface area contributed by atoms with Gasteiger partial charge in [0.1, 0.15) is 5.71 Å². The summed E-state index contributed by atoms with van der Waals surface area (Å²) in [5.41, 5.74) is 6.48. The first-order valence-electron chi connectivity index (χ1n) is 4.48. The Balaban J connectivity index is 2.72. The summed E-state index contributed by atoms with van der Waals surface area (Å²) in [6.07, 6.45) is 0.567. The van der Waals surface area contributed by atoms with Gasteiger partial charge in [-0.15, -0.1) is 0 Å². The molecular weight excluding hydrogens is 184 g/mol. The van der Waals surface area contributed by atoms with Crippen LogP contribution in [0.5, 0.6) is 0 Å². The zero-order chi connectivity index (χ0) is 10.6. The van der Waals surface area contributed by atoms with Gasteiger partial charge in [-0.1, -0.05) is 0 Å². The second kappa shape index (κ2) is 4.76. The van der Waals surface area contributed by atoms with Crippen LogP contribution in [-0.4, -0.2) is 31.5 Å². The topological polar surface area (TPSA) is 85.4 Å². The highest BCUT2D eigenvalue weighted by Crippen LogP contribution is 2.12. The van der Waals surface area contributed by atoms with Crippen molar-refractivity contribution in [3.8, 4) is 0 Å². The maximum Gasteiger partial charge on any atom is 0.356 e. The molecule has 0 amide bonds. The second-order valence-electron chi connectivity index (χ2n) is 2.90. The monoisotopic (exact) mass is 198 g/mol. The van der Waals surface area contributed by atoms with E-state index in [1.807, 2.05) is 0 Å². The van der Waals surface area contributed by atoms with Crippen molar-refractivity contribution in [2.24, 2.45) is 5.73 Å². The molecule has 1 heterocycles. The van der Waals surface area contributed by atoms with Crippen LogP contribution in [-0.2, 0) is 14.3 Å². The SMILES string of the molecule is CCOC(=O)C(=N)C1=C(N)CCOC1. The van der Waals surface area contributed by atoms with E-state index in [1.165, 1.54) is 0 Å². The van der Waals surface area contributed by atoms with E-state index in [-0.39, 0.29) is 18.9 Å². The molecule has 78 valence electrons. The fourth-order valence-corrected chi connectivity index (χ4v) is 1.16. The lowest BCUT2D eigenvalue weighted by Gasteiger charge is -2.17. The second-order valence-corrected chi connectivity index (χ2v) is 2.90. The van der Waals surface area contributed by atoms with Crippen LogP contribution in [0.4, 0.5) is 0 Å². The fourth-order valence-electron chi connectivity index (χ4n) is 1.16. The summed E-state index contributed by atoms with van der Waals surface area (Å²) in [6.45, 7) is 2.73. The number of carbonyl (C=O) groups is 1. The Bertz CT molecular complexity index is 284. The molecule has 0 unspecified atom stereocenters. The molecule has 0 bridgehead atoms. The van der Waals surface area contributed by atoms with Crippen molar-refractivity contribution < 1.29 is 14.3 Å². The third-order valence-corrected chi connectivity index (χ3v) is 1.93. The van der Waals surface area contributed by atoms with Gasteiger partial charge in [-0.25, -0.2) is 4.79 Å². The standard InChI is InChI=1S/C9H14N2O3/c1-2-14-9(12)8(11)6-5-13-4-3-7(6)10/h11H,2-5,10H2,1H3. The summed E-state index contributed by atoms with van der Waals surface area (Å²) in [5.74, 6) is -0.643. The van der Waals surface area contributed by atoms with Gasteiger partial charge in [-0.2, -0.15) is 0 Å². The van der Waals surface area contributed by atoms with Crippen LogP contribution >= 0.6 is 0 Å². The van der Waals surface area contributed by atoms with Gasteiger partial charge in [0.05, 0.1) is 19.8 Å². The first-order chi connectivity index (χ1) is 6.66. The van der Waals surface area contributed by atoms with Gasteiger partial charge >= 0.3 is 5.97 Å². The van der Waals surface area contributed by atoms with Crippen molar-refractivity contribution in [2.45, 2.75) is 13.3 Å². The molecular formula is C9H14N2O3. The van der Waals surface area contributed by atoms with Gasteiger partial charge in [0, 0.05) is 17.7 Å². The zero-order valence-electron chi connectivity index (χ0n) is 8.13. The molecule has 0 spiro atoms. The van der Waals surface area contributed by atoms with E-state index in [4.69, 9.17) is 20.6 Å². The van der Waals surface area contributed by atoms with Crippen LogP contribution in [0.15, 0.2) is 11.3 Å². The number of esters is 1. The molecule has 0 aliphatic carbocycles. The van der Waals surface area contributed by atoms with Gasteiger partial charge in [0.2, 0.25) is 0 Å². The van der Waals surface area contributed by atoms with Gasteiger partial charge in [0.25, 0.3) is 0 Å². The van der Waals surface area contributed by atoms with Crippen molar-refractivity contribution in [3.63, 3.8) is 0 Å². The van der Waals surface area contributed by atoms with Crippen LogP contribution in [0.25, 0.3) is 0 Å². The Labute approximate surface area is 82.4 Å². The van der Waals surface area contributed by atoms with Gasteiger partial charge in [-0.3, -0.25) is 5.41 Å². The number of nitrogens with one attached hydrogen (secondary N) is 1. The predicted octanol–water partition coefficient (Wildman–Crippen LogP) is 0.202. The molecule has 0 atom stereocenters. The molecule has 1 aliphatic rings. The van der Waals surface area contributed by atoms with E-state index in [0.29, 0.717) is 24.3 Å². The number of ether oxygens (including phenoxy) is 2. The Kier molecular flexibility index (Phi) is 3.64.